The Morgan fingerprint density at radius 2 is 1.65 bits per heavy atom. The van der Waals surface area contributed by atoms with Crippen LogP contribution in [0.5, 0.6) is 5.75 Å². The fourth-order valence-electron chi connectivity index (χ4n) is 3.93. The molecule has 1 fully saturated rings. The summed E-state index contributed by atoms with van der Waals surface area (Å²) in [6, 6.07) is 23.7. The number of halogens is 1. The second kappa shape index (κ2) is 9.57. The minimum Gasteiger partial charge on any atom is -0.492 e. The highest BCUT2D eigenvalue weighted by Gasteiger charge is 2.35. The number of aromatic nitrogens is 1. The van der Waals surface area contributed by atoms with Crippen molar-refractivity contribution in [3.63, 3.8) is 0 Å². The summed E-state index contributed by atoms with van der Waals surface area (Å²) in [5, 5.41) is 0.572. The number of nitrogens with zero attached hydrogens (tertiary/aromatic N) is 2. The van der Waals surface area contributed by atoms with E-state index in [0.29, 0.717) is 23.6 Å². The van der Waals surface area contributed by atoms with E-state index in [1.807, 2.05) is 60.8 Å². The van der Waals surface area contributed by atoms with Crippen molar-refractivity contribution in [1.82, 2.24) is 9.47 Å². The van der Waals surface area contributed by atoms with E-state index < -0.39 is 17.0 Å². The Morgan fingerprint density at radius 1 is 0.912 bits per heavy atom. The first-order chi connectivity index (χ1) is 16.6. The molecule has 0 aliphatic carbocycles. The first-order valence-corrected chi connectivity index (χ1v) is 11.7. The van der Waals surface area contributed by atoms with Gasteiger partial charge in [0.05, 0.1) is 18.0 Å². The molecule has 34 heavy (non-hydrogen) atoms. The number of benzene rings is 3. The van der Waals surface area contributed by atoms with Crippen LogP contribution in [-0.2, 0) is 17.9 Å². The van der Waals surface area contributed by atoms with Crippen LogP contribution in [0.1, 0.15) is 11.1 Å². The normalized spacial score (nSPS) is 15.0. The molecule has 5 nitrogen and oxygen atoms in total. The molecule has 5 rings (SSSR count). The van der Waals surface area contributed by atoms with E-state index in [1.54, 1.807) is 24.3 Å². The van der Waals surface area contributed by atoms with E-state index in [9.17, 15) is 14.0 Å². The van der Waals surface area contributed by atoms with Crippen molar-refractivity contribution in [3.05, 3.63) is 107 Å². The van der Waals surface area contributed by atoms with Crippen molar-refractivity contribution in [2.45, 2.75) is 13.1 Å². The lowest BCUT2D eigenvalue weighted by Gasteiger charge is -2.12. The van der Waals surface area contributed by atoms with Gasteiger partial charge in [-0.3, -0.25) is 14.5 Å². The molecule has 7 heteroatoms. The highest BCUT2D eigenvalue weighted by Crippen LogP contribution is 2.35. The smallest absolute Gasteiger partial charge is 0.293 e. The van der Waals surface area contributed by atoms with Crippen LogP contribution >= 0.6 is 11.8 Å². The van der Waals surface area contributed by atoms with Crippen LogP contribution in [-0.4, -0.2) is 27.2 Å². The first-order valence-electron chi connectivity index (χ1n) is 10.8. The number of thioether (sulfide) groups is 1. The van der Waals surface area contributed by atoms with Crippen molar-refractivity contribution in [1.29, 1.82) is 0 Å². The molecule has 2 heterocycles. The molecule has 2 amide bonds. The topological polar surface area (TPSA) is 51.5 Å². The van der Waals surface area contributed by atoms with E-state index >= 15 is 0 Å². The standard InChI is InChI=1S/C27H21FN2O3S/c28-23-12-6-4-8-19(23)18-30-26(31)25(34-27(30)32)16-20-17-29(24-13-7-5-11-22(20)24)14-15-33-21-9-2-1-3-10-21/h1-13,16-17H,14-15,18H2/b25-16-. The van der Waals surface area contributed by atoms with Gasteiger partial charge in [0.2, 0.25) is 0 Å². The molecule has 0 bridgehead atoms. The average Bonchev–Trinajstić information content (AvgIpc) is 3.33. The van der Waals surface area contributed by atoms with Crippen LogP contribution < -0.4 is 4.74 Å². The molecule has 1 aliphatic heterocycles. The molecule has 0 radical (unpaired) electrons. The summed E-state index contributed by atoms with van der Waals surface area (Å²) in [7, 11) is 0. The third-order valence-corrected chi connectivity index (χ3v) is 6.52. The maximum Gasteiger partial charge on any atom is 0.293 e. The van der Waals surface area contributed by atoms with Crippen LogP contribution in [0.25, 0.3) is 17.0 Å². The fourth-order valence-corrected chi connectivity index (χ4v) is 4.76. The molecule has 1 aromatic heterocycles. The Morgan fingerprint density at radius 3 is 2.47 bits per heavy atom. The third-order valence-electron chi connectivity index (χ3n) is 5.61. The second-order valence-electron chi connectivity index (χ2n) is 7.82. The average molecular weight is 473 g/mol. The number of hydrogen-bond donors (Lipinski definition) is 0. The van der Waals surface area contributed by atoms with Gasteiger partial charge in [0.25, 0.3) is 11.1 Å². The lowest BCUT2D eigenvalue weighted by atomic mass is 10.1. The molecule has 0 saturated carbocycles. The number of hydrogen-bond acceptors (Lipinski definition) is 4. The van der Waals surface area contributed by atoms with Crippen molar-refractivity contribution < 1.29 is 18.7 Å². The molecular formula is C27H21FN2O3S. The maximum atomic E-state index is 14.0. The highest BCUT2D eigenvalue weighted by atomic mass is 32.2. The van der Waals surface area contributed by atoms with Gasteiger partial charge in [-0.1, -0.05) is 54.6 Å². The Hall–Kier alpha value is -3.84. The Bertz CT molecular complexity index is 1400. The summed E-state index contributed by atoms with van der Waals surface area (Å²) < 4.78 is 22.0. The SMILES string of the molecule is O=C1S/C(=C\c2cn(CCOc3ccccc3)c3ccccc23)C(=O)N1Cc1ccccc1F. The summed E-state index contributed by atoms with van der Waals surface area (Å²) >= 11 is 0.877. The van der Waals surface area contributed by atoms with Gasteiger partial charge in [-0.25, -0.2) is 4.39 Å². The zero-order valence-corrected chi connectivity index (χ0v) is 19.0. The number of carbonyl (C=O) groups is 2. The Kier molecular flexibility index (Phi) is 6.18. The molecular weight excluding hydrogens is 451 g/mol. The summed E-state index contributed by atoms with van der Waals surface area (Å²) in [6.45, 7) is 1.02. The Labute approximate surface area is 200 Å². The van der Waals surface area contributed by atoms with Gasteiger partial charge in [-0.15, -0.1) is 0 Å². The van der Waals surface area contributed by atoms with Crippen molar-refractivity contribution in [2.24, 2.45) is 0 Å². The molecule has 4 aromatic rings. The maximum absolute atomic E-state index is 14.0. The number of ether oxygens (including phenoxy) is 1. The van der Waals surface area contributed by atoms with Gasteiger partial charge in [0.1, 0.15) is 18.2 Å². The van der Waals surface area contributed by atoms with Gasteiger partial charge in [0, 0.05) is 28.2 Å². The fraction of sp³-hybridized carbons (Fsp3) is 0.111. The largest absolute Gasteiger partial charge is 0.492 e. The predicted octanol–water partition coefficient (Wildman–Crippen LogP) is 6.10. The van der Waals surface area contributed by atoms with Crippen LogP contribution in [0, 0.1) is 5.82 Å². The van der Waals surface area contributed by atoms with E-state index in [1.165, 1.54) is 6.07 Å². The van der Waals surface area contributed by atoms with Crippen LogP contribution in [0.3, 0.4) is 0 Å². The van der Waals surface area contributed by atoms with Crippen molar-refractivity contribution >= 4 is 39.9 Å². The summed E-state index contributed by atoms with van der Waals surface area (Å²) in [4.78, 5) is 26.9. The molecule has 0 atom stereocenters. The Balaban J connectivity index is 1.37. The molecule has 3 aromatic carbocycles. The number of imide groups is 1. The third kappa shape index (κ3) is 4.47. The van der Waals surface area contributed by atoms with Crippen LogP contribution in [0.2, 0.25) is 0 Å². The number of rotatable bonds is 7. The first kappa shape index (κ1) is 22.0. The van der Waals surface area contributed by atoms with Gasteiger partial charge < -0.3 is 9.30 Å². The zero-order valence-electron chi connectivity index (χ0n) is 18.2. The lowest BCUT2D eigenvalue weighted by Crippen LogP contribution is -2.27. The van der Waals surface area contributed by atoms with Crippen LogP contribution in [0.4, 0.5) is 9.18 Å². The van der Waals surface area contributed by atoms with Gasteiger partial charge >= 0.3 is 0 Å². The quantitative estimate of drug-likeness (QED) is 0.305. The number of carbonyl (C=O) groups excluding carboxylic acids is 2. The molecule has 0 spiro atoms. The van der Waals surface area contributed by atoms with Crippen molar-refractivity contribution in [2.75, 3.05) is 6.61 Å². The van der Waals surface area contributed by atoms with Crippen LogP contribution in [0.15, 0.2) is 90.0 Å². The van der Waals surface area contributed by atoms with Gasteiger partial charge in [0.15, 0.2) is 0 Å². The van der Waals surface area contributed by atoms with E-state index in [2.05, 4.69) is 4.57 Å². The monoisotopic (exact) mass is 472 g/mol. The number of para-hydroxylation sites is 2. The predicted molar refractivity (Wildman–Crippen MR) is 132 cm³/mol. The van der Waals surface area contributed by atoms with Gasteiger partial charge in [-0.05, 0) is 42.1 Å². The molecule has 1 aliphatic rings. The van der Waals surface area contributed by atoms with Crippen molar-refractivity contribution in [3.8, 4) is 5.75 Å². The second-order valence-corrected chi connectivity index (χ2v) is 8.81. The summed E-state index contributed by atoms with van der Waals surface area (Å²) in [5.41, 5.74) is 2.16. The highest BCUT2D eigenvalue weighted by molar-refractivity contribution is 8.18. The zero-order chi connectivity index (χ0) is 23.5. The lowest BCUT2D eigenvalue weighted by molar-refractivity contribution is -0.123. The van der Waals surface area contributed by atoms with Gasteiger partial charge in [-0.2, -0.15) is 0 Å². The molecule has 0 N–H and O–H groups in total. The summed E-state index contributed by atoms with van der Waals surface area (Å²) in [6.07, 6.45) is 3.70. The molecule has 1 saturated heterocycles. The minimum absolute atomic E-state index is 0.0900. The summed E-state index contributed by atoms with van der Waals surface area (Å²) in [5.74, 6) is -0.0449. The number of fused-ring (bicyclic) bond motifs is 1. The molecule has 0 unspecified atom stereocenters. The van der Waals surface area contributed by atoms with E-state index in [-0.39, 0.29) is 6.54 Å². The molecule has 170 valence electrons. The van der Waals surface area contributed by atoms with E-state index in [0.717, 1.165) is 38.9 Å². The minimum atomic E-state index is -0.439. The number of amides is 2. The van der Waals surface area contributed by atoms with E-state index in [4.69, 9.17) is 4.74 Å².